The zero-order valence-electron chi connectivity index (χ0n) is 20.5. The van der Waals surface area contributed by atoms with E-state index in [0.717, 1.165) is 76.1 Å². The van der Waals surface area contributed by atoms with Gasteiger partial charge in [0.2, 0.25) is 0 Å². The number of aromatic nitrogens is 1. The Morgan fingerprint density at radius 1 is 1.03 bits per heavy atom. The van der Waals surface area contributed by atoms with Gasteiger partial charge in [0.25, 0.3) is 5.91 Å². The number of aliphatic imine (C=N–C) groups is 1. The number of nitrogens with zero attached hydrogens (tertiary/aromatic N) is 2. The molecule has 0 aliphatic heterocycles. The van der Waals surface area contributed by atoms with Crippen molar-refractivity contribution in [3.63, 3.8) is 0 Å². The van der Waals surface area contributed by atoms with Crippen LogP contribution in [0.4, 0.5) is 20.2 Å². The van der Waals surface area contributed by atoms with Gasteiger partial charge in [-0.2, -0.15) is 0 Å². The first kappa shape index (κ1) is 24.1. The van der Waals surface area contributed by atoms with E-state index in [1.54, 1.807) is 17.6 Å². The number of fused-ring (bicyclic) bond motifs is 1. The van der Waals surface area contributed by atoms with Crippen molar-refractivity contribution in [2.75, 3.05) is 5.32 Å². The molecule has 0 radical (unpaired) electrons. The van der Waals surface area contributed by atoms with E-state index in [1.807, 2.05) is 51.1 Å². The zero-order chi connectivity index (χ0) is 25.4. The number of rotatable bonds is 5. The lowest BCUT2D eigenvalue weighted by molar-refractivity contribution is 0.102. The molecule has 7 heteroatoms. The Labute approximate surface area is 213 Å². The van der Waals surface area contributed by atoms with Gasteiger partial charge in [0, 0.05) is 39.8 Å². The van der Waals surface area contributed by atoms with Crippen molar-refractivity contribution in [2.45, 2.75) is 46.5 Å². The minimum absolute atomic E-state index is 0.0750. The summed E-state index contributed by atoms with van der Waals surface area (Å²) in [6, 6.07) is 13.1. The maximum absolute atomic E-state index is 14.1. The summed E-state index contributed by atoms with van der Waals surface area (Å²) in [5.74, 6) is -1.45. The molecule has 4 nitrogen and oxygen atoms in total. The highest BCUT2D eigenvalue weighted by molar-refractivity contribution is 7.15. The first-order valence-electron chi connectivity index (χ1n) is 12.0. The molecule has 1 aliphatic carbocycles. The van der Waals surface area contributed by atoms with Crippen LogP contribution in [0.3, 0.4) is 0 Å². The minimum atomic E-state index is -0.707. The summed E-state index contributed by atoms with van der Waals surface area (Å²) in [5, 5.41) is 3.99. The van der Waals surface area contributed by atoms with E-state index in [2.05, 4.69) is 14.9 Å². The SMILES string of the molecule is Cc1ccc(NC(=O)c2c(-n3c(C)cc(C=Nc4ccc(F)cc4F)c3C)sc3c2CCCC3)cc1. The topological polar surface area (TPSA) is 46.4 Å². The second-order valence-corrected chi connectivity index (χ2v) is 10.3. The molecule has 36 heavy (non-hydrogen) atoms. The number of thiophene rings is 1. The smallest absolute Gasteiger partial charge is 0.258 e. The van der Waals surface area contributed by atoms with Crippen LogP contribution < -0.4 is 5.32 Å². The molecule has 1 amide bonds. The molecule has 0 fully saturated rings. The summed E-state index contributed by atoms with van der Waals surface area (Å²) in [6.07, 6.45) is 5.65. The Bertz CT molecular complexity index is 1480. The van der Waals surface area contributed by atoms with E-state index >= 15 is 0 Å². The van der Waals surface area contributed by atoms with Crippen molar-refractivity contribution in [3.8, 4) is 5.00 Å². The van der Waals surface area contributed by atoms with Crippen LogP contribution >= 0.6 is 11.3 Å². The van der Waals surface area contributed by atoms with Gasteiger partial charge in [-0.3, -0.25) is 9.79 Å². The summed E-state index contributed by atoms with van der Waals surface area (Å²) in [5.41, 5.74) is 6.51. The lowest BCUT2D eigenvalue weighted by atomic mass is 9.95. The first-order valence-corrected chi connectivity index (χ1v) is 12.8. The number of nitrogens with one attached hydrogen (secondary N) is 1. The summed E-state index contributed by atoms with van der Waals surface area (Å²) in [6.45, 7) is 5.97. The van der Waals surface area contributed by atoms with Gasteiger partial charge in [0.05, 0.1) is 11.3 Å². The normalized spacial score (nSPS) is 13.2. The van der Waals surface area contributed by atoms with E-state index in [4.69, 9.17) is 0 Å². The van der Waals surface area contributed by atoms with Crippen molar-refractivity contribution in [1.29, 1.82) is 0 Å². The molecule has 4 aromatic rings. The number of hydrogen-bond acceptors (Lipinski definition) is 3. The van der Waals surface area contributed by atoms with E-state index in [1.165, 1.54) is 17.0 Å². The number of halogens is 2. The van der Waals surface area contributed by atoms with Gasteiger partial charge in [-0.1, -0.05) is 17.7 Å². The third-order valence-electron chi connectivity index (χ3n) is 6.62. The Hall–Kier alpha value is -3.58. The second-order valence-electron chi connectivity index (χ2n) is 9.23. The lowest BCUT2D eigenvalue weighted by Gasteiger charge is -2.14. The molecule has 0 saturated heterocycles. The Kier molecular flexibility index (Phi) is 6.58. The minimum Gasteiger partial charge on any atom is -0.322 e. The fraction of sp³-hybridized carbons (Fsp3) is 0.241. The van der Waals surface area contributed by atoms with Crippen LogP contribution in [0.1, 0.15) is 56.2 Å². The average molecular weight is 504 g/mol. The van der Waals surface area contributed by atoms with Crippen molar-refractivity contribution >= 4 is 34.8 Å². The van der Waals surface area contributed by atoms with E-state index in [-0.39, 0.29) is 11.6 Å². The molecule has 1 aliphatic rings. The van der Waals surface area contributed by atoms with E-state index in [9.17, 15) is 13.6 Å². The quantitative estimate of drug-likeness (QED) is 0.280. The monoisotopic (exact) mass is 503 g/mol. The number of carbonyl (C=O) groups excluding carboxylic acids is 1. The number of amides is 1. The van der Waals surface area contributed by atoms with Crippen molar-refractivity contribution in [3.05, 3.63) is 98.7 Å². The van der Waals surface area contributed by atoms with Crippen molar-refractivity contribution in [2.24, 2.45) is 4.99 Å². The van der Waals surface area contributed by atoms with Gasteiger partial charge >= 0.3 is 0 Å². The van der Waals surface area contributed by atoms with Crippen molar-refractivity contribution < 1.29 is 13.6 Å². The number of hydrogen-bond donors (Lipinski definition) is 1. The molecule has 1 N–H and O–H groups in total. The summed E-state index contributed by atoms with van der Waals surface area (Å²) < 4.78 is 29.4. The summed E-state index contributed by atoms with van der Waals surface area (Å²) in [7, 11) is 0. The molecule has 5 rings (SSSR count). The third-order valence-corrected chi connectivity index (χ3v) is 7.89. The number of anilines is 1. The predicted octanol–water partition coefficient (Wildman–Crippen LogP) is 7.62. The Balaban J connectivity index is 1.55. The predicted molar refractivity (Wildman–Crippen MR) is 143 cm³/mol. The highest BCUT2D eigenvalue weighted by Crippen LogP contribution is 2.39. The highest BCUT2D eigenvalue weighted by Gasteiger charge is 2.28. The molecule has 2 heterocycles. The van der Waals surface area contributed by atoms with Crippen LogP contribution in [0.5, 0.6) is 0 Å². The number of carbonyl (C=O) groups is 1. The van der Waals surface area contributed by atoms with Crippen LogP contribution in [-0.4, -0.2) is 16.7 Å². The summed E-state index contributed by atoms with van der Waals surface area (Å²) in [4.78, 5) is 19.1. The number of aryl methyl sites for hydroxylation is 3. The van der Waals surface area contributed by atoms with Gasteiger partial charge in [0.15, 0.2) is 5.82 Å². The number of benzene rings is 2. The molecule has 0 unspecified atom stereocenters. The fourth-order valence-corrected chi connectivity index (χ4v) is 6.23. The maximum Gasteiger partial charge on any atom is 0.258 e. The third kappa shape index (κ3) is 4.63. The molecule has 0 atom stereocenters. The molecule has 0 saturated carbocycles. The van der Waals surface area contributed by atoms with Gasteiger partial charge in [-0.25, -0.2) is 8.78 Å². The van der Waals surface area contributed by atoms with Crippen LogP contribution in [0, 0.1) is 32.4 Å². The molecule has 0 spiro atoms. The average Bonchev–Trinajstić information content (AvgIpc) is 3.36. The maximum atomic E-state index is 14.1. The lowest BCUT2D eigenvalue weighted by Crippen LogP contribution is -2.17. The molecular weight excluding hydrogens is 476 g/mol. The highest BCUT2D eigenvalue weighted by atomic mass is 32.1. The zero-order valence-corrected chi connectivity index (χ0v) is 21.3. The van der Waals surface area contributed by atoms with E-state index in [0.29, 0.717) is 0 Å². The van der Waals surface area contributed by atoms with Gasteiger partial charge in [-0.15, -0.1) is 11.3 Å². The Morgan fingerprint density at radius 3 is 2.53 bits per heavy atom. The Morgan fingerprint density at radius 2 is 1.78 bits per heavy atom. The van der Waals surface area contributed by atoms with Gasteiger partial charge in [0.1, 0.15) is 10.8 Å². The van der Waals surface area contributed by atoms with Gasteiger partial charge in [-0.05, 0) is 82.3 Å². The first-order chi connectivity index (χ1) is 17.3. The molecular formula is C29H27F2N3OS. The summed E-state index contributed by atoms with van der Waals surface area (Å²) >= 11 is 1.67. The van der Waals surface area contributed by atoms with Crippen molar-refractivity contribution in [1.82, 2.24) is 4.57 Å². The van der Waals surface area contributed by atoms with Crippen LogP contribution in [0.15, 0.2) is 53.5 Å². The van der Waals surface area contributed by atoms with Gasteiger partial charge < -0.3 is 9.88 Å². The molecule has 0 bridgehead atoms. The standard InChI is InChI=1S/C29H27F2N3OS/c1-17-8-11-22(12-9-17)33-28(35)27-23-6-4-5-7-26(23)36-29(27)34-18(2)14-20(19(34)3)16-32-25-13-10-21(30)15-24(25)31/h8-16H,4-7H2,1-3H3,(H,33,35). The van der Waals surface area contributed by atoms with Crippen LogP contribution in [0.25, 0.3) is 5.00 Å². The molecule has 2 aromatic carbocycles. The fourth-order valence-electron chi connectivity index (χ4n) is 4.73. The molecule has 184 valence electrons. The molecule has 2 aromatic heterocycles. The van der Waals surface area contributed by atoms with Crippen LogP contribution in [0.2, 0.25) is 0 Å². The van der Waals surface area contributed by atoms with Crippen LogP contribution in [-0.2, 0) is 12.8 Å². The van der Waals surface area contributed by atoms with E-state index < -0.39 is 11.6 Å². The largest absolute Gasteiger partial charge is 0.322 e. The second kappa shape index (κ2) is 9.82.